The molecule has 1 N–H and O–H groups in total. The molecule has 1 amide bonds. The third-order valence-corrected chi connectivity index (χ3v) is 4.92. The number of nitrogens with one attached hydrogen (secondary N) is 1. The van der Waals surface area contributed by atoms with Crippen LogP contribution in [0.5, 0.6) is 0 Å². The first-order valence-electron chi connectivity index (χ1n) is 8.63. The van der Waals surface area contributed by atoms with Crippen LogP contribution >= 0.6 is 11.6 Å². The van der Waals surface area contributed by atoms with E-state index in [1.54, 1.807) is 19.2 Å². The molecular weight excluding hydrogens is 336 g/mol. The summed E-state index contributed by atoms with van der Waals surface area (Å²) in [6.45, 7) is 5.40. The van der Waals surface area contributed by atoms with E-state index in [0.29, 0.717) is 17.0 Å². The minimum atomic E-state index is -0.00724. The number of hydrogen-bond acceptors (Lipinski definition) is 4. The van der Waals surface area contributed by atoms with E-state index in [1.807, 2.05) is 6.92 Å². The summed E-state index contributed by atoms with van der Waals surface area (Å²) in [6.07, 6.45) is 3.83. The van der Waals surface area contributed by atoms with Crippen LogP contribution in [0.25, 0.3) is 0 Å². The number of benzene rings is 1. The Morgan fingerprint density at radius 2 is 1.92 bits per heavy atom. The van der Waals surface area contributed by atoms with Crippen molar-refractivity contribution in [1.29, 1.82) is 0 Å². The highest BCUT2D eigenvalue weighted by atomic mass is 35.5. The molecule has 6 heteroatoms. The molecule has 1 aromatic carbocycles. The van der Waals surface area contributed by atoms with E-state index in [0.717, 1.165) is 31.5 Å². The third kappa shape index (κ3) is 4.48. The van der Waals surface area contributed by atoms with Crippen molar-refractivity contribution >= 4 is 23.5 Å². The van der Waals surface area contributed by atoms with Gasteiger partial charge in [-0.05, 0) is 42.9 Å². The summed E-state index contributed by atoms with van der Waals surface area (Å²) in [5, 5.41) is 3.40. The van der Waals surface area contributed by atoms with Crippen molar-refractivity contribution in [3.8, 4) is 0 Å². The number of nitrogens with zero attached hydrogens (tertiary/aromatic N) is 3. The quantitative estimate of drug-likeness (QED) is 0.846. The Balaban J connectivity index is 1.60. The number of carbonyl (C=O) groups excluding carboxylic acids is 1. The van der Waals surface area contributed by atoms with Gasteiger partial charge in [-0.25, -0.2) is 9.97 Å². The number of amides is 1. The van der Waals surface area contributed by atoms with Gasteiger partial charge in [-0.1, -0.05) is 35.9 Å². The van der Waals surface area contributed by atoms with Crippen LogP contribution in [0.4, 0.5) is 5.95 Å². The second-order valence-electron chi connectivity index (χ2n) is 6.53. The largest absolute Gasteiger partial charge is 0.350 e. The van der Waals surface area contributed by atoms with Gasteiger partial charge in [0.1, 0.15) is 5.15 Å². The first-order valence-corrected chi connectivity index (χ1v) is 9.01. The summed E-state index contributed by atoms with van der Waals surface area (Å²) < 4.78 is 0. The molecule has 1 fully saturated rings. The predicted molar refractivity (Wildman–Crippen MR) is 99.9 cm³/mol. The highest BCUT2D eigenvalue weighted by molar-refractivity contribution is 6.29. The summed E-state index contributed by atoms with van der Waals surface area (Å²) in [5.41, 5.74) is 2.48. The number of rotatable bonds is 4. The summed E-state index contributed by atoms with van der Waals surface area (Å²) >= 11 is 5.96. The van der Waals surface area contributed by atoms with E-state index >= 15 is 0 Å². The molecule has 5 nitrogen and oxygen atoms in total. The first kappa shape index (κ1) is 17.7. The minimum absolute atomic E-state index is 0.00724. The number of hydrogen-bond donors (Lipinski definition) is 1. The minimum Gasteiger partial charge on any atom is -0.350 e. The van der Waals surface area contributed by atoms with Crippen molar-refractivity contribution in [3.05, 3.63) is 52.8 Å². The lowest BCUT2D eigenvalue weighted by atomic mass is 9.88. The van der Waals surface area contributed by atoms with Crippen LogP contribution in [0, 0.1) is 0 Å². The first-order chi connectivity index (χ1) is 12.0. The Labute approximate surface area is 153 Å². The molecule has 1 saturated heterocycles. The molecule has 0 aliphatic carbocycles. The molecule has 0 bridgehead atoms. The summed E-state index contributed by atoms with van der Waals surface area (Å²) in [7, 11) is 0. The molecule has 1 aliphatic rings. The van der Waals surface area contributed by atoms with Gasteiger partial charge in [0, 0.05) is 26.2 Å². The Hall–Kier alpha value is -2.14. The van der Waals surface area contributed by atoms with Crippen molar-refractivity contribution in [3.63, 3.8) is 0 Å². The summed E-state index contributed by atoms with van der Waals surface area (Å²) in [5.74, 6) is 1.25. The lowest BCUT2D eigenvalue weighted by molar-refractivity contribution is -0.119. The molecule has 3 rings (SSSR count). The SMILES string of the molecule is CC(=O)N[C@@H](C)c1ccc(C2CCN(c3nccc(Cl)n3)CC2)cc1. The van der Waals surface area contributed by atoms with Gasteiger partial charge in [0.2, 0.25) is 11.9 Å². The molecule has 1 aromatic heterocycles. The number of anilines is 1. The van der Waals surface area contributed by atoms with Crippen LogP contribution in [-0.4, -0.2) is 29.0 Å². The average molecular weight is 359 g/mol. The zero-order valence-corrected chi connectivity index (χ0v) is 15.3. The van der Waals surface area contributed by atoms with Crippen molar-refractivity contribution in [1.82, 2.24) is 15.3 Å². The zero-order chi connectivity index (χ0) is 17.8. The van der Waals surface area contributed by atoms with Gasteiger partial charge in [0.25, 0.3) is 0 Å². The fraction of sp³-hybridized carbons (Fsp3) is 0.421. The number of carbonyl (C=O) groups is 1. The van der Waals surface area contributed by atoms with Crippen LogP contribution in [0.1, 0.15) is 49.8 Å². The lowest BCUT2D eigenvalue weighted by Crippen LogP contribution is -2.34. The molecule has 2 aromatic rings. The van der Waals surface area contributed by atoms with E-state index in [4.69, 9.17) is 11.6 Å². The maximum atomic E-state index is 11.2. The lowest BCUT2D eigenvalue weighted by Gasteiger charge is -2.32. The molecule has 1 atom stereocenters. The molecule has 0 saturated carbocycles. The summed E-state index contributed by atoms with van der Waals surface area (Å²) in [6, 6.07) is 10.3. The molecular formula is C19H23ClN4O. The summed E-state index contributed by atoms with van der Waals surface area (Å²) in [4.78, 5) is 22.0. The second kappa shape index (κ2) is 7.83. The van der Waals surface area contributed by atoms with Crippen molar-refractivity contribution in [2.24, 2.45) is 0 Å². The molecule has 132 valence electrons. The van der Waals surface area contributed by atoms with Gasteiger partial charge in [0.15, 0.2) is 0 Å². The van der Waals surface area contributed by atoms with E-state index in [2.05, 4.69) is 44.5 Å². The normalized spacial score (nSPS) is 16.5. The molecule has 0 radical (unpaired) electrons. The van der Waals surface area contributed by atoms with Crippen LogP contribution in [0.15, 0.2) is 36.5 Å². The van der Waals surface area contributed by atoms with Crippen LogP contribution in [-0.2, 0) is 4.79 Å². The van der Waals surface area contributed by atoms with Gasteiger partial charge in [-0.15, -0.1) is 0 Å². The predicted octanol–water partition coefficient (Wildman–Crippen LogP) is 3.71. The van der Waals surface area contributed by atoms with E-state index in [9.17, 15) is 4.79 Å². The van der Waals surface area contributed by atoms with E-state index in [-0.39, 0.29) is 11.9 Å². The molecule has 0 spiro atoms. The standard InChI is InChI=1S/C19H23ClN4O/c1-13(22-14(2)25)15-3-5-16(6-4-15)17-8-11-24(12-9-17)19-21-10-7-18(20)23-19/h3-7,10,13,17H,8-9,11-12H2,1-2H3,(H,22,25)/t13-/m0/s1. The Morgan fingerprint density at radius 1 is 1.24 bits per heavy atom. The van der Waals surface area contributed by atoms with Crippen LogP contribution in [0.2, 0.25) is 5.15 Å². The Morgan fingerprint density at radius 3 is 2.52 bits per heavy atom. The number of halogens is 1. The van der Waals surface area contributed by atoms with Gasteiger partial charge in [0.05, 0.1) is 6.04 Å². The third-order valence-electron chi connectivity index (χ3n) is 4.71. The van der Waals surface area contributed by atoms with Crippen molar-refractivity contribution in [2.45, 2.75) is 38.6 Å². The topological polar surface area (TPSA) is 58.1 Å². The van der Waals surface area contributed by atoms with Gasteiger partial charge < -0.3 is 10.2 Å². The number of aromatic nitrogens is 2. The van der Waals surface area contributed by atoms with E-state index < -0.39 is 0 Å². The molecule has 0 unspecified atom stereocenters. The zero-order valence-electron chi connectivity index (χ0n) is 14.6. The van der Waals surface area contributed by atoms with Gasteiger partial charge in [-0.2, -0.15) is 0 Å². The Bertz CT molecular complexity index is 726. The fourth-order valence-electron chi connectivity index (χ4n) is 3.34. The highest BCUT2D eigenvalue weighted by Crippen LogP contribution is 2.30. The fourth-order valence-corrected chi connectivity index (χ4v) is 3.47. The maximum Gasteiger partial charge on any atom is 0.226 e. The van der Waals surface area contributed by atoms with Gasteiger partial charge >= 0.3 is 0 Å². The monoisotopic (exact) mass is 358 g/mol. The maximum absolute atomic E-state index is 11.2. The Kier molecular flexibility index (Phi) is 5.53. The molecule has 1 aliphatic heterocycles. The van der Waals surface area contributed by atoms with E-state index in [1.165, 1.54) is 5.56 Å². The van der Waals surface area contributed by atoms with Gasteiger partial charge in [-0.3, -0.25) is 4.79 Å². The molecule has 2 heterocycles. The van der Waals surface area contributed by atoms with Crippen molar-refractivity contribution < 1.29 is 4.79 Å². The second-order valence-corrected chi connectivity index (χ2v) is 6.92. The highest BCUT2D eigenvalue weighted by Gasteiger charge is 2.22. The smallest absolute Gasteiger partial charge is 0.226 e. The van der Waals surface area contributed by atoms with Crippen molar-refractivity contribution in [2.75, 3.05) is 18.0 Å². The average Bonchev–Trinajstić information content (AvgIpc) is 2.61. The molecule has 25 heavy (non-hydrogen) atoms. The number of piperidine rings is 1. The van der Waals surface area contributed by atoms with Crippen LogP contribution in [0.3, 0.4) is 0 Å². The van der Waals surface area contributed by atoms with Crippen LogP contribution < -0.4 is 10.2 Å².